The molecule has 28 heavy (non-hydrogen) atoms. The molecule has 2 unspecified atom stereocenters. The Balaban J connectivity index is 1.34. The summed E-state index contributed by atoms with van der Waals surface area (Å²) >= 11 is 0. The van der Waals surface area contributed by atoms with Crippen LogP contribution in [0.3, 0.4) is 0 Å². The number of rotatable bonds is 3. The van der Waals surface area contributed by atoms with Crippen molar-refractivity contribution >= 4 is 6.09 Å². The van der Waals surface area contributed by atoms with Crippen LogP contribution >= 0.6 is 0 Å². The Hall–Kier alpha value is -2.99. The number of carbonyl (C=O) groups excluding carboxylic acids is 1. The molecular weight excluding hydrogens is 346 g/mol. The van der Waals surface area contributed by atoms with Crippen molar-refractivity contribution in [3.63, 3.8) is 0 Å². The lowest BCUT2D eigenvalue weighted by Crippen LogP contribution is -2.43. The summed E-state index contributed by atoms with van der Waals surface area (Å²) in [5.74, 6) is 2.83. The number of fused-ring (bicyclic) bond motifs is 5. The Labute approximate surface area is 166 Å². The fraction of sp³-hybridized carbons (Fsp3) is 0.320. The molecule has 5 rings (SSSR count). The van der Waals surface area contributed by atoms with Crippen LogP contribution < -0.4 is 0 Å². The minimum atomic E-state index is -0.189. The maximum absolute atomic E-state index is 12.9. The molecule has 2 atom stereocenters. The summed E-state index contributed by atoms with van der Waals surface area (Å²) in [7, 11) is 0. The van der Waals surface area contributed by atoms with Crippen molar-refractivity contribution in [3.05, 3.63) is 71.3 Å². The topological polar surface area (TPSA) is 29.5 Å². The second kappa shape index (κ2) is 6.87. The van der Waals surface area contributed by atoms with Crippen LogP contribution in [0.1, 0.15) is 42.7 Å². The third kappa shape index (κ3) is 2.72. The third-order valence-corrected chi connectivity index (χ3v) is 6.35. The highest BCUT2D eigenvalue weighted by molar-refractivity contribution is 5.79. The highest BCUT2D eigenvalue weighted by Crippen LogP contribution is 2.45. The van der Waals surface area contributed by atoms with Crippen LogP contribution in [-0.4, -0.2) is 29.7 Å². The van der Waals surface area contributed by atoms with Crippen molar-refractivity contribution in [3.8, 4) is 23.5 Å². The summed E-state index contributed by atoms with van der Waals surface area (Å²) in [5, 5.41) is 0. The summed E-state index contributed by atoms with van der Waals surface area (Å²) in [6, 6.07) is 17.2. The second-order valence-corrected chi connectivity index (χ2v) is 7.92. The molecule has 140 valence electrons. The van der Waals surface area contributed by atoms with Gasteiger partial charge in [-0.15, -0.1) is 12.3 Å². The van der Waals surface area contributed by atoms with E-state index in [1.807, 2.05) is 4.90 Å². The number of benzene rings is 2. The van der Waals surface area contributed by atoms with Crippen molar-refractivity contribution in [1.82, 2.24) is 4.90 Å². The number of nitrogens with zero attached hydrogens (tertiary/aromatic N) is 1. The van der Waals surface area contributed by atoms with Gasteiger partial charge in [-0.1, -0.05) is 60.2 Å². The smallest absolute Gasteiger partial charge is 0.410 e. The molecule has 3 aliphatic rings. The van der Waals surface area contributed by atoms with Gasteiger partial charge >= 0.3 is 6.09 Å². The van der Waals surface area contributed by atoms with Gasteiger partial charge in [-0.3, -0.25) is 4.90 Å². The average molecular weight is 369 g/mol. The average Bonchev–Trinajstić information content (AvgIpc) is 3.18. The quantitative estimate of drug-likeness (QED) is 0.555. The first kappa shape index (κ1) is 17.1. The Kier molecular flexibility index (Phi) is 4.20. The lowest BCUT2D eigenvalue weighted by molar-refractivity contribution is 0.0850. The fourth-order valence-electron chi connectivity index (χ4n) is 5.13. The van der Waals surface area contributed by atoms with Crippen molar-refractivity contribution < 1.29 is 9.53 Å². The number of terminal acetylenes is 1. The molecule has 1 saturated heterocycles. The van der Waals surface area contributed by atoms with Crippen LogP contribution in [0, 0.1) is 12.3 Å². The standard InChI is InChI=1S/C25H23NO2/c1-2-7-17-14-18-12-13-19(15-17)26(18)25(27)28-16-24-22-10-5-3-8-20(22)21-9-4-6-11-23(21)24/h1,3-6,8-11,14,18-19,24H,7,12-13,15-16H2. The van der Waals surface area contributed by atoms with Crippen molar-refractivity contribution in [1.29, 1.82) is 0 Å². The zero-order chi connectivity index (χ0) is 19.1. The van der Waals surface area contributed by atoms with Crippen molar-refractivity contribution in [2.45, 2.75) is 43.7 Å². The van der Waals surface area contributed by atoms with E-state index in [-0.39, 0.29) is 24.1 Å². The van der Waals surface area contributed by atoms with Crippen LogP contribution in [-0.2, 0) is 4.74 Å². The third-order valence-electron chi connectivity index (χ3n) is 6.35. The van der Waals surface area contributed by atoms with Crippen LogP contribution in [0.2, 0.25) is 0 Å². The van der Waals surface area contributed by atoms with E-state index in [2.05, 4.69) is 60.5 Å². The van der Waals surface area contributed by atoms with Gasteiger partial charge in [0.05, 0.1) is 6.04 Å². The Morgan fingerprint density at radius 3 is 2.39 bits per heavy atom. The number of hydrogen-bond donors (Lipinski definition) is 0. The molecule has 2 aromatic rings. The first-order chi connectivity index (χ1) is 13.8. The van der Waals surface area contributed by atoms with Crippen molar-refractivity contribution in [2.75, 3.05) is 6.61 Å². The second-order valence-electron chi connectivity index (χ2n) is 7.92. The first-order valence-corrected chi connectivity index (χ1v) is 10.0. The number of hydrogen-bond acceptors (Lipinski definition) is 2. The molecule has 3 nitrogen and oxygen atoms in total. The molecule has 0 aromatic heterocycles. The van der Waals surface area contributed by atoms with Gasteiger partial charge in [0.15, 0.2) is 0 Å². The SMILES string of the molecule is C#CCC1=CC2CCC(C1)N2C(=O)OCC1c2ccccc2-c2ccccc21. The molecule has 1 amide bonds. The van der Waals surface area contributed by atoms with E-state index < -0.39 is 0 Å². The van der Waals surface area contributed by atoms with Gasteiger partial charge < -0.3 is 4.74 Å². The molecule has 3 heteroatoms. The summed E-state index contributed by atoms with van der Waals surface area (Å²) in [5.41, 5.74) is 6.28. The van der Waals surface area contributed by atoms with Crippen molar-refractivity contribution in [2.24, 2.45) is 0 Å². The van der Waals surface area contributed by atoms with E-state index in [0.29, 0.717) is 13.0 Å². The van der Waals surface area contributed by atoms with Gasteiger partial charge in [-0.05, 0) is 41.5 Å². The molecule has 2 aromatic carbocycles. The lowest BCUT2D eigenvalue weighted by Gasteiger charge is -2.33. The maximum Gasteiger partial charge on any atom is 0.410 e. The van der Waals surface area contributed by atoms with E-state index in [0.717, 1.165) is 19.3 Å². The van der Waals surface area contributed by atoms with E-state index in [4.69, 9.17) is 11.2 Å². The molecule has 0 spiro atoms. The van der Waals surface area contributed by atoms with Gasteiger partial charge in [0.1, 0.15) is 6.61 Å². The van der Waals surface area contributed by atoms with Gasteiger partial charge in [0.2, 0.25) is 0 Å². The molecule has 2 heterocycles. The molecule has 2 aliphatic heterocycles. The predicted molar refractivity (Wildman–Crippen MR) is 110 cm³/mol. The number of carbonyl (C=O) groups is 1. The summed E-state index contributed by atoms with van der Waals surface area (Å²) in [6.07, 6.45) is 11.1. The monoisotopic (exact) mass is 369 g/mol. The number of ether oxygens (including phenoxy) is 1. The number of amides is 1. The summed E-state index contributed by atoms with van der Waals surface area (Å²) < 4.78 is 5.87. The van der Waals surface area contributed by atoms with Crippen LogP contribution in [0.5, 0.6) is 0 Å². The summed E-state index contributed by atoms with van der Waals surface area (Å²) in [6.45, 7) is 0.379. The largest absolute Gasteiger partial charge is 0.448 e. The van der Waals surface area contributed by atoms with E-state index in [9.17, 15) is 4.79 Å². The van der Waals surface area contributed by atoms with Crippen LogP contribution in [0.25, 0.3) is 11.1 Å². The molecule has 2 bridgehead atoms. The highest BCUT2D eigenvalue weighted by Gasteiger charge is 2.40. The van der Waals surface area contributed by atoms with Gasteiger partial charge in [0, 0.05) is 18.4 Å². The Bertz CT molecular complexity index is 954. The van der Waals surface area contributed by atoms with Crippen LogP contribution in [0.4, 0.5) is 4.79 Å². The Morgan fingerprint density at radius 1 is 1.07 bits per heavy atom. The highest BCUT2D eigenvalue weighted by atomic mass is 16.6. The molecule has 0 radical (unpaired) electrons. The van der Waals surface area contributed by atoms with E-state index >= 15 is 0 Å². The minimum Gasteiger partial charge on any atom is -0.448 e. The van der Waals surface area contributed by atoms with Gasteiger partial charge in [-0.25, -0.2) is 4.79 Å². The molecule has 0 N–H and O–H groups in total. The molecular formula is C25H23NO2. The normalized spacial score (nSPS) is 22.2. The predicted octanol–water partition coefficient (Wildman–Crippen LogP) is 5.12. The van der Waals surface area contributed by atoms with Gasteiger partial charge in [-0.2, -0.15) is 0 Å². The zero-order valence-corrected chi connectivity index (χ0v) is 15.8. The molecule has 1 aliphatic carbocycles. The first-order valence-electron chi connectivity index (χ1n) is 10.0. The summed E-state index contributed by atoms with van der Waals surface area (Å²) in [4.78, 5) is 14.9. The van der Waals surface area contributed by atoms with Gasteiger partial charge in [0.25, 0.3) is 0 Å². The maximum atomic E-state index is 12.9. The zero-order valence-electron chi connectivity index (χ0n) is 15.8. The molecule has 0 saturated carbocycles. The van der Waals surface area contributed by atoms with E-state index in [1.54, 1.807) is 0 Å². The molecule has 1 fully saturated rings. The minimum absolute atomic E-state index is 0.103. The lowest BCUT2D eigenvalue weighted by atomic mass is 9.98. The Morgan fingerprint density at radius 2 is 1.75 bits per heavy atom. The fourth-order valence-corrected chi connectivity index (χ4v) is 5.13. The van der Waals surface area contributed by atoms with Crippen LogP contribution in [0.15, 0.2) is 60.2 Å². The van der Waals surface area contributed by atoms with E-state index in [1.165, 1.54) is 27.8 Å².